The highest BCUT2D eigenvalue weighted by Gasteiger charge is 2.46. The van der Waals surface area contributed by atoms with Crippen molar-refractivity contribution in [1.29, 1.82) is 0 Å². The first-order chi connectivity index (χ1) is 15.5. The van der Waals surface area contributed by atoms with Crippen molar-refractivity contribution in [3.05, 3.63) is 47.9 Å². The highest BCUT2D eigenvalue weighted by Crippen LogP contribution is 2.44. The maximum Gasteiger partial charge on any atom is 0.243 e. The SMILES string of the molecule is [B]C1([B])Oc2ccc(S(=O)(=O)N3CCC(c4cn5ncnc5cc4OC)CC3)cc2C1([B])[B]. The summed E-state index contributed by atoms with van der Waals surface area (Å²) in [6.07, 6.45) is 4.61. The van der Waals surface area contributed by atoms with Gasteiger partial charge in [-0.3, -0.25) is 0 Å². The minimum Gasteiger partial charge on any atom is -0.507 e. The Bertz CT molecular complexity index is 1340. The number of methoxy groups -OCH3 is 1. The van der Waals surface area contributed by atoms with E-state index < -0.39 is 20.6 Å². The lowest BCUT2D eigenvalue weighted by Crippen LogP contribution is -2.53. The topological polar surface area (TPSA) is 86.0 Å². The number of pyridine rings is 1. The third kappa shape index (κ3) is 3.47. The Balaban J connectivity index is 1.38. The predicted molar refractivity (Wildman–Crippen MR) is 125 cm³/mol. The maximum absolute atomic E-state index is 13.4. The number of piperidine rings is 1. The van der Waals surface area contributed by atoms with E-state index in [1.54, 1.807) is 11.6 Å². The van der Waals surface area contributed by atoms with E-state index in [0.717, 1.165) is 5.56 Å². The zero-order chi connectivity index (χ0) is 23.6. The maximum atomic E-state index is 13.4. The third-order valence-electron chi connectivity index (χ3n) is 6.48. The van der Waals surface area contributed by atoms with E-state index in [-0.39, 0.29) is 22.1 Å². The van der Waals surface area contributed by atoms with Crippen LogP contribution in [-0.4, -0.2) is 84.3 Å². The Hall–Kier alpha value is -2.39. The number of fused-ring (bicyclic) bond motifs is 2. The van der Waals surface area contributed by atoms with Crippen molar-refractivity contribution < 1.29 is 17.9 Å². The van der Waals surface area contributed by atoms with Crippen LogP contribution in [0.3, 0.4) is 0 Å². The molecule has 160 valence electrons. The summed E-state index contributed by atoms with van der Waals surface area (Å²) in [5.74, 6) is 1.09. The van der Waals surface area contributed by atoms with Crippen LogP contribution >= 0.6 is 0 Å². The molecule has 13 heteroatoms. The second kappa shape index (κ2) is 7.56. The number of rotatable bonds is 4. The van der Waals surface area contributed by atoms with Gasteiger partial charge in [0.2, 0.25) is 10.0 Å². The van der Waals surface area contributed by atoms with Crippen molar-refractivity contribution in [2.45, 2.75) is 34.3 Å². The molecule has 3 aromatic rings. The molecule has 2 aromatic heterocycles. The highest BCUT2D eigenvalue weighted by atomic mass is 32.2. The smallest absolute Gasteiger partial charge is 0.243 e. The van der Waals surface area contributed by atoms with E-state index in [4.69, 9.17) is 40.9 Å². The molecule has 0 N–H and O–H groups in total. The average Bonchev–Trinajstić information content (AvgIpc) is 3.31. The van der Waals surface area contributed by atoms with Crippen molar-refractivity contribution >= 4 is 47.1 Å². The van der Waals surface area contributed by atoms with Crippen molar-refractivity contribution in [3.8, 4) is 11.5 Å². The number of aromatic nitrogens is 3. The zero-order valence-electron chi connectivity index (χ0n) is 18.0. The summed E-state index contributed by atoms with van der Waals surface area (Å²) in [6.45, 7) is 0.681. The van der Waals surface area contributed by atoms with Gasteiger partial charge < -0.3 is 9.47 Å². The number of sulfonamides is 1. The van der Waals surface area contributed by atoms with Crippen LogP contribution < -0.4 is 9.47 Å². The molecule has 0 amide bonds. The van der Waals surface area contributed by atoms with E-state index >= 15 is 0 Å². The van der Waals surface area contributed by atoms with Gasteiger partial charge in [0, 0.05) is 36.3 Å². The standard InChI is InChI=1S/C20H18B4N4O4S/c1-31-17-9-18-25-11-26-28(18)10-14(17)12-4-6-27(7-5-12)33(29,30)13-2-3-16-15(8-13)19(21,22)20(23,24)32-16/h2-3,8-12H,4-7H2,1H3. The van der Waals surface area contributed by atoms with E-state index in [1.807, 2.05) is 12.3 Å². The summed E-state index contributed by atoms with van der Waals surface area (Å²) in [5.41, 5.74) is 1.90. The molecular weight excluding hydrogens is 436 g/mol. The lowest BCUT2D eigenvalue weighted by Gasteiger charge is -2.36. The molecule has 0 aliphatic carbocycles. The Morgan fingerprint density at radius 2 is 1.88 bits per heavy atom. The van der Waals surface area contributed by atoms with Crippen molar-refractivity contribution in [2.75, 3.05) is 20.2 Å². The summed E-state index contributed by atoms with van der Waals surface area (Å²) in [7, 11) is 21.7. The second-order valence-electron chi connectivity index (χ2n) is 8.46. The lowest BCUT2D eigenvalue weighted by molar-refractivity contribution is 0.258. The number of nitrogens with zero attached hydrogens (tertiary/aromatic N) is 4. The first kappa shape index (κ1) is 22.4. The molecule has 1 fully saturated rings. The fraction of sp³-hybridized carbons (Fsp3) is 0.400. The molecule has 1 saturated heterocycles. The van der Waals surface area contributed by atoms with Gasteiger partial charge in [0.25, 0.3) is 0 Å². The molecule has 0 unspecified atom stereocenters. The van der Waals surface area contributed by atoms with Gasteiger partial charge in [0.05, 0.1) is 27.7 Å². The number of ether oxygens (including phenoxy) is 2. The fourth-order valence-electron chi connectivity index (χ4n) is 4.46. The normalized spacial score (nSPS) is 20.4. The summed E-state index contributed by atoms with van der Waals surface area (Å²) < 4.78 is 40.8. The molecule has 2 aliphatic rings. The predicted octanol–water partition coefficient (Wildman–Crippen LogP) is 0.179. The van der Waals surface area contributed by atoms with Crippen molar-refractivity contribution in [1.82, 2.24) is 18.9 Å². The number of benzene rings is 1. The fourth-order valence-corrected chi connectivity index (χ4v) is 5.95. The van der Waals surface area contributed by atoms with Crippen LogP contribution in [-0.2, 0) is 15.2 Å². The van der Waals surface area contributed by atoms with Gasteiger partial charge in [-0.1, -0.05) is 5.21 Å². The zero-order valence-corrected chi connectivity index (χ0v) is 18.8. The molecule has 4 heterocycles. The van der Waals surface area contributed by atoms with E-state index in [9.17, 15) is 8.42 Å². The quantitative estimate of drug-likeness (QED) is 0.524. The molecule has 8 radical (unpaired) electrons. The largest absolute Gasteiger partial charge is 0.507 e. The van der Waals surface area contributed by atoms with Crippen LogP contribution in [0.5, 0.6) is 11.5 Å². The van der Waals surface area contributed by atoms with Crippen LogP contribution in [0.1, 0.15) is 29.9 Å². The Labute approximate surface area is 197 Å². The third-order valence-corrected chi connectivity index (χ3v) is 8.38. The molecule has 0 atom stereocenters. The Morgan fingerprint density at radius 1 is 1.15 bits per heavy atom. The van der Waals surface area contributed by atoms with Gasteiger partial charge >= 0.3 is 0 Å². The second-order valence-corrected chi connectivity index (χ2v) is 10.4. The van der Waals surface area contributed by atoms with Crippen LogP contribution in [0.4, 0.5) is 0 Å². The average molecular weight is 454 g/mol. The molecule has 0 saturated carbocycles. The molecule has 1 aromatic carbocycles. The molecule has 5 rings (SSSR count). The Morgan fingerprint density at radius 3 is 2.58 bits per heavy atom. The molecular formula is C20H18B4N4O4S. The molecule has 8 nitrogen and oxygen atoms in total. The van der Waals surface area contributed by atoms with Crippen molar-refractivity contribution in [3.63, 3.8) is 0 Å². The van der Waals surface area contributed by atoms with Crippen molar-refractivity contribution in [2.24, 2.45) is 0 Å². The van der Waals surface area contributed by atoms with E-state index in [0.29, 0.717) is 37.3 Å². The summed E-state index contributed by atoms with van der Waals surface area (Å²) in [6, 6.07) is 6.14. The van der Waals surface area contributed by atoms with Crippen LogP contribution in [0.15, 0.2) is 41.7 Å². The highest BCUT2D eigenvalue weighted by molar-refractivity contribution is 7.89. The summed E-state index contributed by atoms with van der Waals surface area (Å²) in [4.78, 5) is 4.24. The van der Waals surface area contributed by atoms with Gasteiger partial charge in [-0.25, -0.2) is 17.9 Å². The molecule has 33 heavy (non-hydrogen) atoms. The first-order valence-electron chi connectivity index (χ1n) is 10.4. The van der Waals surface area contributed by atoms with Gasteiger partial charge in [-0.2, -0.15) is 9.40 Å². The molecule has 2 aliphatic heterocycles. The minimum atomic E-state index is -3.79. The van der Waals surface area contributed by atoms with Crippen LogP contribution in [0, 0.1) is 0 Å². The molecule has 0 spiro atoms. The number of hydrogen-bond donors (Lipinski definition) is 0. The lowest BCUT2D eigenvalue weighted by atomic mass is 9.34. The van der Waals surface area contributed by atoms with E-state index in [2.05, 4.69) is 10.1 Å². The minimum absolute atomic E-state index is 0.0582. The monoisotopic (exact) mass is 454 g/mol. The Kier molecular flexibility index (Phi) is 5.13. The van der Waals surface area contributed by atoms with Gasteiger partial charge in [0.15, 0.2) is 5.65 Å². The van der Waals surface area contributed by atoms with Crippen LogP contribution in [0.25, 0.3) is 5.65 Å². The first-order valence-corrected chi connectivity index (χ1v) is 11.8. The van der Waals surface area contributed by atoms with Gasteiger partial charge in [-0.05, 0) is 42.5 Å². The summed E-state index contributed by atoms with van der Waals surface area (Å²) >= 11 is 0. The van der Waals surface area contributed by atoms with E-state index in [1.165, 1.54) is 28.8 Å². The van der Waals surface area contributed by atoms with Gasteiger partial charge in [-0.15, -0.1) is 0 Å². The van der Waals surface area contributed by atoms with Gasteiger partial charge in [0.1, 0.15) is 33.5 Å². The summed E-state index contributed by atoms with van der Waals surface area (Å²) in [5, 5.41) is 0.604. The molecule has 0 bridgehead atoms. The number of hydrogen-bond acceptors (Lipinski definition) is 6. The van der Waals surface area contributed by atoms with Crippen LogP contribution in [0.2, 0.25) is 0 Å².